The quantitative estimate of drug-likeness (QED) is 0.702. The Morgan fingerprint density at radius 3 is 2.93 bits per heavy atom. The molecule has 5 nitrogen and oxygen atoms in total. The lowest BCUT2D eigenvalue weighted by Crippen LogP contribution is -2.31. The molecule has 0 saturated heterocycles. The molecule has 80 valence electrons. The minimum absolute atomic E-state index is 0.102. The molecule has 1 aromatic rings. The van der Waals surface area contributed by atoms with Crippen LogP contribution in [-0.2, 0) is 20.7 Å². The summed E-state index contributed by atoms with van der Waals surface area (Å²) >= 11 is 0. The van der Waals surface area contributed by atoms with Crippen LogP contribution in [0.2, 0.25) is 0 Å². The molecule has 0 atom stereocenters. The van der Waals surface area contributed by atoms with Gasteiger partial charge >= 0.3 is 5.97 Å². The number of carbonyl (C=O) groups excluding carboxylic acids is 2. The van der Waals surface area contributed by atoms with Gasteiger partial charge in [0.15, 0.2) is 0 Å². The first-order chi connectivity index (χ1) is 7.22. The molecule has 1 rings (SSSR count). The third-order valence-electron chi connectivity index (χ3n) is 1.75. The van der Waals surface area contributed by atoms with Gasteiger partial charge in [0.2, 0.25) is 5.91 Å². The van der Waals surface area contributed by atoms with E-state index in [1.165, 1.54) is 7.11 Å². The lowest BCUT2D eigenvalue weighted by Gasteiger charge is -2.03. The summed E-state index contributed by atoms with van der Waals surface area (Å²) in [4.78, 5) is 25.9. The van der Waals surface area contributed by atoms with Crippen molar-refractivity contribution in [2.45, 2.75) is 6.42 Å². The van der Waals surface area contributed by atoms with Crippen molar-refractivity contribution >= 4 is 11.9 Å². The molecule has 0 bridgehead atoms. The largest absolute Gasteiger partial charge is 0.468 e. The fourth-order valence-corrected chi connectivity index (χ4v) is 0.994. The molecule has 0 aliphatic carbocycles. The lowest BCUT2D eigenvalue weighted by atomic mass is 10.2. The molecule has 1 heterocycles. The molecule has 15 heavy (non-hydrogen) atoms. The Hall–Kier alpha value is -1.91. The number of carbonyl (C=O) groups is 2. The van der Waals surface area contributed by atoms with E-state index in [9.17, 15) is 9.59 Å². The van der Waals surface area contributed by atoms with Gasteiger partial charge in [0, 0.05) is 12.4 Å². The second-order valence-electron chi connectivity index (χ2n) is 2.89. The molecule has 0 radical (unpaired) electrons. The van der Waals surface area contributed by atoms with Gasteiger partial charge in [0.05, 0.1) is 13.5 Å². The van der Waals surface area contributed by atoms with Gasteiger partial charge in [0.1, 0.15) is 6.54 Å². The highest BCUT2D eigenvalue weighted by Gasteiger charge is 2.05. The fourth-order valence-electron chi connectivity index (χ4n) is 0.994. The first kappa shape index (κ1) is 11.2. The molecule has 0 fully saturated rings. The van der Waals surface area contributed by atoms with Crippen molar-refractivity contribution in [3.8, 4) is 0 Å². The molecule has 5 heteroatoms. The summed E-state index contributed by atoms with van der Waals surface area (Å²) in [5.41, 5.74) is 0.805. The minimum Gasteiger partial charge on any atom is -0.468 e. The average molecular weight is 208 g/mol. The molecule has 0 aromatic carbocycles. The van der Waals surface area contributed by atoms with Gasteiger partial charge < -0.3 is 10.1 Å². The van der Waals surface area contributed by atoms with E-state index in [1.54, 1.807) is 24.5 Å². The summed E-state index contributed by atoms with van der Waals surface area (Å²) in [7, 11) is 1.27. The van der Waals surface area contributed by atoms with Gasteiger partial charge in [0.25, 0.3) is 0 Å². The summed E-state index contributed by atoms with van der Waals surface area (Å²) in [5, 5.41) is 2.44. The number of rotatable bonds is 4. The molecule has 0 saturated carbocycles. The Bertz CT molecular complexity index is 338. The van der Waals surface area contributed by atoms with Gasteiger partial charge in [-0.05, 0) is 11.6 Å². The summed E-state index contributed by atoms with van der Waals surface area (Å²) < 4.78 is 4.38. The average Bonchev–Trinajstić information content (AvgIpc) is 2.27. The Balaban J connectivity index is 2.34. The van der Waals surface area contributed by atoms with Crippen molar-refractivity contribution in [2.24, 2.45) is 0 Å². The standard InChI is InChI=1S/C10H12N2O3/c1-15-10(14)7-12-9(13)5-8-3-2-4-11-6-8/h2-4,6H,5,7H2,1H3,(H,12,13). The number of hydrogen-bond donors (Lipinski definition) is 1. The van der Waals surface area contributed by atoms with Crippen molar-refractivity contribution in [3.05, 3.63) is 30.1 Å². The van der Waals surface area contributed by atoms with Gasteiger partial charge in [-0.15, -0.1) is 0 Å². The number of amides is 1. The van der Waals surface area contributed by atoms with Crippen LogP contribution in [0.3, 0.4) is 0 Å². The van der Waals surface area contributed by atoms with E-state index in [0.717, 1.165) is 5.56 Å². The summed E-state index contributed by atoms with van der Waals surface area (Å²) in [6.07, 6.45) is 3.46. The lowest BCUT2D eigenvalue weighted by molar-refractivity contribution is -0.141. The van der Waals surface area contributed by atoms with Crippen LogP contribution in [0.25, 0.3) is 0 Å². The number of hydrogen-bond acceptors (Lipinski definition) is 4. The number of methoxy groups -OCH3 is 1. The first-order valence-corrected chi connectivity index (χ1v) is 4.45. The van der Waals surface area contributed by atoms with Crippen LogP contribution in [0.4, 0.5) is 0 Å². The van der Waals surface area contributed by atoms with Crippen molar-refractivity contribution in [3.63, 3.8) is 0 Å². The van der Waals surface area contributed by atoms with E-state index in [4.69, 9.17) is 0 Å². The number of aromatic nitrogens is 1. The monoisotopic (exact) mass is 208 g/mol. The Morgan fingerprint density at radius 2 is 2.33 bits per heavy atom. The van der Waals surface area contributed by atoms with Gasteiger partial charge in [-0.25, -0.2) is 0 Å². The van der Waals surface area contributed by atoms with Crippen molar-refractivity contribution in [2.75, 3.05) is 13.7 Å². The Labute approximate surface area is 87.5 Å². The highest BCUT2D eigenvalue weighted by atomic mass is 16.5. The highest BCUT2D eigenvalue weighted by molar-refractivity contribution is 5.83. The maximum Gasteiger partial charge on any atom is 0.325 e. The Kier molecular flexibility index (Phi) is 4.28. The van der Waals surface area contributed by atoms with Crippen molar-refractivity contribution in [1.29, 1.82) is 0 Å². The Morgan fingerprint density at radius 1 is 1.53 bits per heavy atom. The van der Waals surface area contributed by atoms with E-state index in [-0.39, 0.29) is 18.9 Å². The molecule has 1 aromatic heterocycles. The number of ether oxygens (including phenoxy) is 1. The zero-order chi connectivity index (χ0) is 11.1. The van der Waals surface area contributed by atoms with Crippen molar-refractivity contribution < 1.29 is 14.3 Å². The molecule has 1 N–H and O–H groups in total. The van der Waals surface area contributed by atoms with Gasteiger partial charge in [-0.1, -0.05) is 6.07 Å². The van der Waals surface area contributed by atoms with E-state index in [2.05, 4.69) is 15.0 Å². The van der Waals surface area contributed by atoms with Crippen LogP contribution in [-0.4, -0.2) is 30.5 Å². The molecule has 0 aliphatic rings. The second-order valence-corrected chi connectivity index (χ2v) is 2.89. The first-order valence-electron chi connectivity index (χ1n) is 4.45. The van der Waals surface area contributed by atoms with Gasteiger partial charge in [-0.3, -0.25) is 14.6 Å². The van der Waals surface area contributed by atoms with Crippen LogP contribution < -0.4 is 5.32 Å². The fraction of sp³-hybridized carbons (Fsp3) is 0.300. The number of esters is 1. The number of nitrogens with one attached hydrogen (secondary N) is 1. The number of nitrogens with zero attached hydrogens (tertiary/aromatic N) is 1. The second kappa shape index (κ2) is 5.74. The van der Waals surface area contributed by atoms with Crippen molar-refractivity contribution in [1.82, 2.24) is 10.3 Å². The van der Waals surface area contributed by atoms with E-state index in [0.29, 0.717) is 0 Å². The zero-order valence-corrected chi connectivity index (χ0v) is 8.40. The third kappa shape index (κ3) is 4.21. The van der Waals surface area contributed by atoms with Crippen LogP contribution in [0.1, 0.15) is 5.56 Å². The molecule has 1 amide bonds. The van der Waals surface area contributed by atoms with E-state index in [1.807, 2.05) is 0 Å². The summed E-state index contributed by atoms with van der Waals surface area (Å²) in [6.45, 7) is -0.102. The van der Waals surface area contributed by atoms with Crippen LogP contribution in [0, 0.1) is 0 Å². The van der Waals surface area contributed by atoms with E-state index < -0.39 is 5.97 Å². The topological polar surface area (TPSA) is 68.3 Å². The summed E-state index contributed by atoms with van der Waals surface area (Å²) in [5.74, 6) is -0.692. The molecule has 0 spiro atoms. The van der Waals surface area contributed by atoms with Crippen LogP contribution in [0.15, 0.2) is 24.5 Å². The van der Waals surface area contributed by atoms with Crippen LogP contribution in [0.5, 0.6) is 0 Å². The normalized spacial score (nSPS) is 9.40. The number of pyridine rings is 1. The van der Waals surface area contributed by atoms with Crippen LogP contribution >= 0.6 is 0 Å². The highest BCUT2D eigenvalue weighted by Crippen LogP contribution is 1.96. The smallest absolute Gasteiger partial charge is 0.325 e. The molecular weight excluding hydrogens is 196 g/mol. The predicted molar refractivity (Wildman–Crippen MR) is 53.0 cm³/mol. The maximum atomic E-state index is 11.3. The maximum absolute atomic E-state index is 11.3. The molecule has 0 aliphatic heterocycles. The minimum atomic E-state index is -0.463. The SMILES string of the molecule is COC(=O)CNC(=O)Cc1cccnc1. The molecular formula is C10H12N2O3. The van der Waals surface area contributed by atoms with Gasteiger partial charge in [-0.2, -0.15) is 0 Å². The third-order valence-corrected chi connectivity index (χ3v) is 1.75. The summed E-state index contributed by atoms with van der Waals surface area (Å²) in [6, 6.07) is 3.55. The zero-order valence-electron chi connectivity index (χ0n) is 8.40. The molecule has 0 unspecified atom stereocenters. The predicted octanol–water partition coefficient (Wildman–Crippen LogP) is -0.0867. The van der Waals surface area contributed by atoms with E-state index >= 15 is 0 Å².